The number of ketones is 1. The molecule has 1 aliphatic rings. The average molecular weight is 302 g/mol. The zero-order chi connectivity index (χ0) is 15.0. The fourth-order valence-electron chi connectivity index (χ4n) is 2.32. The van der Waals surface area contributed by atoms with Crippen LogP contribution in [0.25, 0.3) is 6.08 Å². The van der Waals surface area contributed by atoms with Crippen molar-refractivity contribution >= 4 is 23.2 Å². The summed E-state index contributed by atoms with van der Waals surface area (Å²) in [7, 11) is 3.97. The third kappa shape index (κ3) is 2.57. The van der Waals surface area contributed by atoms with Gasteiger partial charge in [-0.3, -0.25) is 4.79 Å². The number of hydrogen-bond donors (Lipinski definition) is 2. The minimum atomic E-state index is -0.131. The van der Waals surface area contributed by atoms with Gasteiger partial charge in [0.05, 0.1) is 25.2 Å². The van der Waals surface area contributed by atoms with E-state index in [1.807, 2.05) is 31.6 Å². The number of quaternary nitrogens is 1. The topological polar surface area (TPSA) is 51.0 Å². The fourth-order valence-corrected chi connectivity index (χ4v) is 2.97. The molecule has 0 fully saturated rings. The maximum Gasteiger partial charge on any atom is 0.232 e. The van der Waals surface area contributed by atoms with Gasteiger partial charge in [0.25, 0.3) is 0 Å². The van der Waals surface area contributed by atoms with Crippen molar-refractivity contribution in [2.24, 2.45) is 0 Å². The Morgan fingerprint density at radius 1 is 1.33 bits per heavy atom. The van der Waals surface area contributed by atoms with E-state index < -0.39 is 0 Å². The lowest BCUT2D eigenvalue weighted by Gasteiger charge is -2.11. The fraction of sp³-hybridized carbons (Fsp3) is 0.188. The van der Waals surface area contributed by atoms with E-state index in [9.17, 15) is 9.90 Å². The summed E-state index contributed by atoms with van der Waals surface area (Å²) in [5.41, 5.74) is 1.20. The van der Waals surface area contributed by atoms with Crippen LogP contribution in [0, 0.1) is 0 Å². The number of Topliss-reactive ketones (excluding diaryl/α,β-unsaturated/α-hetero) is 1. The Kier molecular flexibility index (Phi) is 3.53. The van der Waals surface area contributed by atoms with E-state index in [0.29, 0.717) is 29.2 Å². The number of fused-ring (bicyclic) bond motifs is 1. The SMILES string of the molecule is C[NH+](C)Cc1c(O)ccc2c1O/C(=C/c1cccs1)C2=O. The van der Waals surface area contributed by atoms with Crippen molar-refractivity contribution in [1.29, 1.82) is 0 Å². The lowest BCUT2D eigenvalue weighted by atomic mass is 10.1. The number of benzene rings is 1. The molecule has 2 heterocycles. The van der Waals surface area contributed by atoms with Gasteiger partial charge in [0.2, 0.25) is 5.78 Å². The molecule has 0 saturated heterocycles. The Bertz CT molecular complexity index is 717. The summed E-state index contributed by atoms with van der Waals surface area (Å²) < 4.78 is 5.75. The Morgan fingerprint density at radius 3 is 2.81 bits per heavy atom. The Balaban J connectivity index is 2.03. The summed E-state index contributed by atoms with van der Waals surface area (Å²) >= 11 is 1.55. The maximum atomic E-state index is 12.4. The lowest BCUT2D eigenvalue weighted by Crippen LogP contribution is -3.04. The van der Waals surface area contributed by atoms with E-state index in [1.165, 1.54) is 0 Å². The Hall–Kier alpha value is -2.11. The summed E-state index contributed by atoms with van der Waals surface area (Å²) in [6, 6.07) is 7.04. The molecule has 0 amide bonds. The summed E-state index contributed by atoms with van der Waals surface area (Å²) in [5.74, 6) is 0.839. The molecule has 3 rings (SSSR count). The van der Waals surface area contributed by atoms with Crippen LogP contribution in [-0.2, 0) is 6.54 Å². The van der Waals surface area contributed by atoms with Crippen LogP contribution >= 0.6 is 11.3 Å². The number of thiophene rings is 1. The zero-order valence-corrected chi connectivity index (χ0v) is 12.7. The molecule has 1 aromatic carbocycles. The number of hydrogen-bond acceptors (Lipinski definition) is 4. The molecule has 0 saturated carbocycles. The molecule has 108 valence electrons. The molecule has 1 aliphatic heterocycles. The van der Waals surface area contributed by atoms with Crippen molar-refractivity contribution in [2.75, 3.05) is 14.1 Å². The molecular weight excluding hydrogens is 286 g/mol. The second-order valence-corrected chi connectivity index (χ2v) is 6.26. The van der Waals surface area contributed by atoms with Crippen LogP contribution in [0.15, 0.2) is 35.4 Å². The smallest absolute Gasteiger partial charge is 0.232 e. The van der Waals surface area contributed by atoms with Crippen LogP contribution in [0.4, 0.5) is 0 Å². The van der Waals surface area contributed by atoms with Gasteiger partial charge in [0.15, 0.2) is 11.5 Å². The van der Waals surface area contributed by atoms with Gasteiger partial charge < -0.3 is 14.7 Å². The largest absolute Gasteiger partial charge is 0.507 e. The van der Waals surface area contributed by atoms with Crippen molar-refractivity contribution < 1.29 is 19.5 Å². The predicted octanol–water partition coefficient (Wildman–Crippen LogP) is 1.71. The highest BCUT2D eigenvalue weighted by Crippen LogP contribution is 2.39. The highest BCUT2D eigenvalue weighted by molar-refractivity contribution is 7.10. The van der Waals surface area contributed by atoms with Gasteiger partial charge in [0, 0.05) is 11.0 Å². The van der Waals surface area contributed by atoms with Crippen LogP contribution in [0.2, 0.25) is 0 Å². The van der Waals surface area contributed by atoms with Crippen LogP contribution in [0.1, 0.15) is 20.8 Å². The molecular formula is C16H16NO3S+. The minimum absolute atomic E-state index is 0.131. The molecule has 0 bridgehead atoms. The molecule has 1 aromatic heterocycles. The van der Waals surface area contributed by atoms with E-state index >= 15 is 0 Å². The molecule has 0 aliphatic carbocycles. The molecule has 2 aromatic rings. The molecule has 0 spiro atoms. The second kappa shape index (κ2) is 5.35. The summed E-state index contributed by atoms with van der Waals surface area (Å²) in [6.45, 7) is 0.592. The Labute approximate surface area is 126 Å². The highest BCUT2D eigenvalue weighted by Gasteiger charge is 2.31. The normalized spacial score (nSPS) is 15.6. The van der Waals surface area contributed by atoms with Gasteiger partial charge in [-0.1, -0.05) is 6.07 Å². The van der Waals surface area contributed by atoms with E-state index in [4.69, 9.17) is 4.74 Å². The molecule has 2 N–H and O–H groups in total. The number of aromatic hydroxyl groups is 1. The molecule has 4 nitrogen and oxygen atoms in total. The number of nitrogens with one attached hydrogen (secondary N) is 1. The van der Waals surface area contributed by atoms with Crippen molar-refractivity contribution in [3.63, 3.8) is 0 Å². The first kappa shape index (κ1) is 13.9. The lowest BCUT2D eigenvalue weighted by molar-refractivity contribution is -0.872. The second-order valence-electron chi connectivity index (χ2n) is 5.28. The van der Waals surface area contributed by atoms with Gasteiger partial charge >= 0.3 is 0 Å². The van der Waals surface area contributed by atoms with Gasteiger partial charge in [-0.05, 0) is 23.6 Å². The predicted molar refractivity (Wildman–Crippen MR) is 81.9 cm³/mol. The summed E-state index contributed by atoms with van der Waals surface area (Å²) in [4.78, 5) is 14.5. The summed E-state index contributed by atoms with van der Waals surface area (Å²) in [6.07, 6.45) is 1.75. The number of rotatable bonds is 3. The van der Waals surface area contributed by atoms with E-state index in [2.05, 4.69) is 0 Å². The van der Waals surface area contributed by atoms with E-state index in [-0.39, 0.29) is 11.5 Å². The van der Waals surface area contributed by atoms with Gasteiger partial charge in [0.1, 0.15) is 12.3 Å². The van der Waals surface area contributed by atoms with Gasteiger partial charge in [-0.15, -0.1) is 11.3 Å². The van der Waals surface area contributed by atoms with Gasteiger partial charge in [-0.2, -0.15) is 0 Å². The molecule has 0 atom stereocenters. The van der Waals surface area contributed by atoms with Crippen LogP contribution in [0.3, 0.4) is 0 Å². The monoisotopic (exact) mass is 302 g/mol. The first-order chi connectivity index (χ1) is 10.1. The maximum absolute atomic E-state index is 12.4. The quantitative estimate of drug-likeness (QED) is 0.849. The standard InChI is InChI=1S/C16H15NO3S/c1-17(2)9-12-13(18)6-5-11-15(19)14(20-16(11)12)8-10-4-3-7-21-10/h3-8,18H,9H2,1-2H3/p+1/b14-8+. The van der Waals surface area contributed by atoms with Crippen LogP contribution in [0.5, 0.6) is 11.5 Å². The number of carbonyl (C=O) groups excluding carboxylic acids is 1. The van der Waals surface area contributed by atoms with E-state index in [1.54, 1.807) is 29.5 Å². The number of phenols is 1. The first-order valence-electron chi connectivity index (χ1n) is 6.68. The van der Waals surface area contributed by atoms with Crippen LogP contribution in [-0.4, -0.2) is 25.0 Å². The summed E-state index contributed by atoms with van der Waals surface area (Å²) in [5, 5.41) is 12.0. The third-order valence-corrected chi connectivity index (χ3v) is 4.08. The number of allylic oxidation sites excluding steroid dienone is 1. The molecule has 0 unspecified atom stereocenters. The minimum Gasteiger partial charge on any atom is -0.507 e. The number of carbonyl (C=O) groups is 1. The van der Waals surface area contributed by atoms with Crippen molar-refractivity contribution in [3.05, 3.63) is 51.4 Å². The highest BCUT2D eigenvalue weighted by atomic mass is 32.1. The van der Waals surface area contributed by atoms with Gasteiger partial charge in [-0.25, -0.2) is 0 Å². The number of phenolic OH excluding ortho intramolecular Hbond substituents is 1. The van der Waals surface area contributed by atoms with Crippen molar-refractivity contribution in [3.8, 4) is 11.5 Å². The van der Waals surface area contributed by atoms with Crippen molar-refractivity contribution in [1.82, 2.24) is 0 Å². The third-order valence-electron chi connectivity index (χ3n) is 3.26. The van der Waals surface area contributed by atoms with Crippen molar-refractivity contribution in [2.45, 2.75) is 6.54 Å². The average Bonchev–Trinajstić information content (AvgIpc) is 3.03. The van der Waals surface area contributed by atoms with Crippen LogP contribution < -0.4 is 9.64 Å². The molecule has 5 heteroatoms. The zero-order valence-electron chi connectivity index (χ0n) is 11.8. The first-order valence-corrected chi connectivity index (χ1v) is 7.56. The molecule has 21 heavy (non-hydrogen) atoms. The van der Waals surface area contributed by atoms with E-state index in [0.717, 1.165) is 9.78 Å². The molecule has 0 radical (unpaired) electrons. The Morgan fingerprint density at radius 2 is 2.14 bits per heavy atom. The number of ether oxygens (including phenoxy) is 1.